The minimum atomic E-state index is -3.54. The van der Waals surface area contributed by atoms with E-state index in [2.05, 4.69) is 5.32 Å². The highest BCUT2D eigenvalue weighted by molar-refractivity contribution is 7.89. The van der Waals surface area contributed by atoms with Crippen molar-refractivity contribution in [2.75, 3.05) is 36.5 Å². The zero-order valence-corrected chi connectivity index (χ0v) is 18.6. The molecule has 9 heteroatoms. The molecule has 0 aliphatic carbocycles. The zero-order valence-electron chi connectivity index (χ0n) is 17.8. The second-order valence-corrected chi connectivity index (χ2v) is 9.87. The Balaban J connectivity index is 1.43. The first-order valence-electron chi connectivity index (χ1n) is 10.9. The maximum absolute atomic E-state index is 12.9. The molecule has 0 bridgehead atoms. The van der Waals surface area contributed by atoms with Gasteiger partial charge in [-0.2, -0.15) is 4.31 Å². The SMILES string of the molecule is O=C(CN1C(=O)CCOc2ccccc21)Nc1ccc(S(=O)(=O)N2CCCCCC2)cc1. The van der Waals surface area contributed by atoms with E-state index in [9.17, 15) is 18.0 Å². The Labute approximate surface area is 188 Å². The largest absolute Gasteiger partial charge is 0.491 e. The lowest BCUT2D eigenvalue weighted by Gasteiger charge is -2.21. The lowest BCUT2D eigenvalue weighted by Crippen LogP contribution is -2.37. The average molecular weight is 458 g/mol. The van der Waals surface area contributed by atoms with Gasteiger partial charge in [-0.3, -0.25) is 14.5 Å². The predicted molar refractivity (Wildman–Crippen MR) is 121 cm³/mol. The highest BCUT2D eigenvalue weighted by Gasteiger charge is 2.26. The molecule has 2 aromatic rings. The van der Waals surface area contributed by atoms with E-state index in [1.165, 1.54) is 21.3 Å². The van der Waals surface area contributed by atoms with Crippen molar-refractivity contribution in [2.45, 2.75) is 37.0 Å². The second-order valence-electron chi connectivity index (χ2n) is 7.94. The molecule has 0 atom stereocenters. The van der Waals surface area contributed by atoms with Crippen LogP contribution in [-0.4, -0.2) is 50.8 Å². The van der Waals surface area contributed by atoms with Crippen molar-refractivity contribution in [2.24, 2.45) is 0 Å². The monoisotopic (exact) mass is 457 g/mol. The van der Waals surface area contributed by atoms with Gasteiger partial charge in [0.25, 0.3) is 0 Å². The van der Waals surface area contributed by atoms with Gasteiger partial charge >= 0.3 is 0 Å². The number of nitrogens with one attached hydrogen (secondary N) is 1. The molecule has 0 aromatic heterocycles. The molecule has 2 aliphatic heterocycles. The Bertz CT molecular complexity index is 1080. The maximum atomic E-state index is 12.9. The number of hydrogen-bond donors (Lipinski definition) is 1. The molecule has 1 fully saturated rings. The molecule has 2 aromatic carbocycles. The molecule has 0 radical (unpaired) electrons. The number of carbonyl (C=O) groups is 2. The molecule has 170 valence electrons. The third kappa shape index (κ3) is 4.94. The van der Waals surface area contributed by atoms with Crippen LogP contribution in [-0.2, 0) is 19.6 Å². The first-order valence-corrected chi connectivity index (χ1v) is 12.3. The number of para-hydroxylation sites is 2. The van der Waals surface area contributed by atoms with Crippen LogP contribution >= 0.6 is 0 Å². The molecular weight excluding hydrogens is 430 g/mol. The minimum Gasteiger partial charge on any atom is -0.491 e. The summed E-state index contributed by atoms with van der Waals surface area (Å²) < 4.78 is 32.9. The third-order valence-corrected chi connectivity index (χ3v) is 7.59. The maximum Gasteiger partial charge on any atom is 0.244 e. The normalized spacial score (nSPS) is 17.6. The van der Waals surface area contributed by atoms with Crippen LogP contribution in [0.25, 0.3) is 0 Å². The van der Waals surface area contributed by atoms with Crippen LogP contribution in [0, 0.1) is 0 Å². The smallest absolute Gasteiger partial charge is 0.244 e. The Hall–Kier alpha value is -2.91. The molecular formula is C23H27N3O5S. The summed E-state index contributed by atoms with van der Waals surface area (Å²) in [5.41, 5.74) is 1.03. The summed E-state index contributed by atoms with van der Waals surface area (Å²) in [6, 6.07) is 13.3. The third-order valence-electron chi connectivity index (χ3n) is 5.67. The quantitative estimate of drug-likeness (QED) is 0.745. The van der Waals surface area contributed by atoms with Crippen LogP contribution in [0.1, 0.15) is 32.1 Å². The van der Waals surface area contributed by atoms with Gasteiger partial charge in [0, 0.05) is 18.8 Å². The van der Waals surface area contributed by atoms with Gasteiger partial charge in [-0.25, -0.2) is 8.42 Å². The van der Waals surface area contributed by atoms with E-state index in [-0.39, 0.29) is 36.3 Å². The lowest BCUT2D eigenvalue weighted by molar-refractivity contribution is -0.121. The van der Waals surface area contributed by atoms with E-state index >= 15 is 0 Å². The first kappa shape index (κ1) is 22.3. The van der Waals surface area contributed by atoms with Crippen molar-refractivity contribution in [3.8, 4) is 5.75 Å². The van der Waals surface area contributed by atoms with Crippen molar-refractivity contribution in [3.05, 3.63) is 48.5 Å². The summed E-state index contributed by atoms with van der Waals surface area (Å²) in [5.74, 6) is -0.00334. The Morgan fingerprint density at radius 3 is 2.38 bits per heavy atom. The van der Waals surface area contributed by atoms with Gasteiger partial charge in [0.1, 0.15) is 12.3 Å². The van der Waals surface area contributed by atoms with E-state index in [0.717, 1.165) is 25.7 Å². The Morgan fingerprint density at radius 1 is 0.969 bits per heavy atom. The molecule has 2 heterocycles. The van der Waals surface area contributed by atoms with Crippen molar-refractivity contribution >= 4 is 33.2 Å². The summed E-state index contributed by atoms with van der Waals surface area (Å²) in [6.07, 6.45) is 4.03. The number of ether oxygens (including phenoxy) is 1. The molecule has 32 heavy (non-hydrogen) atoms. The van der Waals surface area contributed by atoms with Crippen LogP contribution in [0.3, 0.4) is 0 Å². The summed E-state index contributed by atoms with van der Waals surface area (Å²) in [4.78, 5) is 26.8. The van der Waals surface area contributed by atoms with E-state index in [4.69, 9.17) is 4.74 Å². The summed E-state index contributed by atoms with van der Waals surface area (Å²) >= 11 is 0. The molecule has 2 aliphatic rings. The van der Waals surface area contributed by atoms with Gasteiger partial charge in [0.15, 0.2) is 0 Å². The van der Waals surface area contributed by atoms with Crippen molar-refractivity contribution in [1.29, 1.82) is 0 Å². The number of amides is 2. The molecule has 2 amide bonds. The number of fused-ring (bicyclic) bond motifs is 1. The van der Waals surface area contributed by atoms with Gasteiger partial charge in [0.2, 0.25) is 21.8 Å². The van der Waals surface area contributed by atoms with Crippen LogP contribution in [0.5, 0.6) is 5.75 Å². The molecule has 1 saturated heterocycles. The number of benzene rings is 2. The van der Waals surface area contributed by atoms with Gasteiger partial charge < -0.3 is 10.1 Å². The topological polar surface area (TPSA) is 96.0 Å². The molecule has 1 N–H and O–H groups in total. The molecule has 0 unspecified atom stereocenters. The van der Waals surface area contributed by atoms with E-state index in [1.807, 2.05) is 6.07 Å². The van der Waals surface area contributed by atoms with E-state index in [0.29, 0.717) is 30.2 Å². The average Bonchev–Trinajstić information content (AvgIpc) is 3.15. The predicted octanol–water partition coefficient (Wildman–Crippen LogP) is 3.01. The molecule has 0 saturated carbocycles. The molecule has 4 rings (SSSR count). The number of hydrogen-bond acceptors (Lipinski definition) is 5. The second kappa shape index (κ2) is 9.70. The van der Waals surface area contributed by atoms with Gasteiger partial charge in [-0.15, -0.1) is 0 Å². The van der Waals surface area contributed by atoms with E-state index in [1.54, 1.807) is 30.3 Å². The van der Waals surface area contributed by atoms with Crippen molar-refractivity contribution in [1.82, 2.24) is 4.31 Å². The van der Waals surface area contributed by atoms with Crippen LogP contribution in [0.15, 0.2) is 53.4 Å². The minimum absolute atomic E-state index is 0.160. The highest BCUT2D eigenvalue weighted by Crippen LogP contribution is 2.31. The van der Waals surface area contributed by atoms with Crippen LogP contribution in [0.2, 0.25) is 0 Å². The van der Waals surface area contributed by atoms with Crippen LogP contribution in [0.4, 0.5) is 11.4 Å². The fourth-order valence-electron chi connectivity index (χ4n) is 3.98. The summed E-state index contributed by atoms with van der Waals surface area (Å²) in [5, 5.41) is 2.75. The van der Waals surface area contributed by atoms with Crippen molar-refractivity contribution in [3.63, 3.8) is 0 Å². The number of nitrogens with zero attached hydrogens (tertiary/aromatic N) is 2. The lowest BCUT2D eigenvalue weighted by atomic mass is 10.2. The molecule has 8 nitrogen and oxygen atoms in total. The van der Waals surface area contributed by atoms with Crippen LogP contribution < -0.4 is 15.0 Å². The molecule has 0 spiro atoms. The number of anilines is 2. The number of sulfonamides is 1. The van der Waals surface area contributed by atoms with E-state index < -0.39 is 10.0 Å². The fourth-order valence-corrected chi connectivity index (χ4v) is 5.50. The Morgan fingerprint density at radius 2 is 1.66 bits per heavy atom. The van der Waals surface area contributed by atoms with Crippen molar-refractivity contribution < 1.29 is 22.7 Å². The zero-order chi connectivity index (χ0) is 22.6. The van der Waals surface area contributed by atoms with Gasteiger partial charge in [0.05, 0.1) is 23.6 Å². The number of rotatable bonds is 5. The summed E-state index contributed by atoms with van der Waals surface area (Å²) in [6.45, 7) is 1.18. The first-order chi connectivity index (χ1) is 15.4. The highest BCUT2D eigenvalue weighted by atomic mass is 32.2. The summed E-state index contributed by atoms with van der Waals surface area (Å²) in [7, 11) is -3.54. The van der Waals surface area contributed by atoms with Gasteiger partial charge in [-0.1, -0.05) is 25.0 Å². The fraction of sp³-hybridized carbons (Fsp3) is 0.391. The number of carbonyl (C=O) groups excluding carboxylic acids is 2. The Kier molecular flexibility index (Phi) is 6.76. The standard InChI is InChI=1S/C23H27N3O5S/c27-22(17-26-20-7-3-4-8-21(20)31-16-13-23(26)28)24-18-9-11-19(12-10-18)32(29,30)25-14-5-1-2-6-15-25/h3-4,7-12H,1-2,5-6,13-17H2,(H,24,27). The van der Waals surface area contributed by atoms with Gasteiger partial charge in [-0.05, 0) is 49.2 Å².